The number of aromatic nitrogens is 4. The van der Waals surface area contributed by atoms with Crippen molar-refractivity contribution in [1.29, 1.82) is 5.26 Å². The van der Waals surface area contributed by atoms with Crippen molar-refractivity contribution in [2.75, 3.05) is 25.5 Å². The molecule has 1 fully saturated rings. The van der Waals surface area contributed by atoms with Crippen LogP contribution in [0.4, 0.5) is 11.6 Å². The largest absolute Gasteiger partial charge is 0.336 e. The Morgan fingerprint density at radius 1 is 1.26 bits per heavy atom. The first-order valence-corrected chi connectivity index (χ1v) is 11.7. The molecule has 0 unspecified atom stereocenters. The summed E-state index contributed by atoms with van der Waals surface area (Å²) in [5.74, 6) is 0.113. The molecular formula is C24H27ClN8O. The predicted molar refractivity (Wildman–Crippen MR) is 131 cm³/mol. The molecule has 34 heavy (non-hydrogen) atoms. The first-order chi connectivity index (χ1) is 16.5. The Hall–Kier alpha value is -3.48. The quantitative estimate of drug-likeness (QED) is 0.527. The summed E-state index contributed by atoms with van der Waals surface area (Å²) in [4.78, 5) is 23.5. The van der Waals surface area contributed by atoms with Crippen molar-refractivity contribution in [3.05, 3.63) is 53.4 Å². The lowest BCUT2D eigenvalue weighted by Crippen LogP contribution is -2.33. The number of likely N-dealkylation sites (tertiary alicyclic amines) is 1. The number of carbonyl (C=O) groups excluding carboxylic acids is 1. The summed E-state index contributed by atoms with van der Waals surface area (Å²) in [6, 6.07) is 8.87. The van der Waals surface area contributed by atoms with E-state index in [1.54, 1.807) is 36.7 Å². The summed E-state index contributed by atoms with van der Waals surface area (Å²) in [6.07, 6.45) is 7.99. The Kier molecular flexibility index (Phi) is 7.40. The van der Waals surface area contributed by atoms with Crippen LogP contribution in [0.25, 0.3) is 11.3 Å². The molecule has 4 rings (SSSR count). The Labute approximate surface area is 203 Å². The van der Waals surface area contributed by atoms with Crippen LogP contribution in [0.5, 0.6) is 0 Å². The van der Waals surface area contributed by atoms with Gasteiger partial charge in [-0.2, -0.15) is 10.4 Å². The lowest BCUT2D eigenvalue weighted by Gasteiger charge is -2.28. The zero-order valence-electron chi connectivity index (χ0n) is 19.2. The van der Waals surface area contributed by atoms with Gasteiger partial charge in [-0.15, -0.1) is 0 Å². The standard InChI is InChI=1S/C24H27ClN8O/c1-3-18(12-26)29-23(34)17-6-4-16(5-7-17)22-21(25)14-27-24(31-22)30-19-13-28-33(15-19)20-8-10-32(2)11-9-20/h4-7,13-15,18,20H,3,8-11H2,1-2H3,(H,29,34)(H,27,30,31)/t18-/m0/s1. The first-order valence-electron chi connectivity index (χ1n) is 11.3. The van der Waals surface area contributed by atoms with Crippen LogP contribution < -0.4 is 10.6 Å². The minimum absolute atomic E-state index is 0.294. The lowest BCUT2D eigenvalue weighted by molar-refractivity contribution is 0.0944. The van der Waals surface area contributed by atoms with Gasteiger partial charge >= 0.3 is 0 Å². The van der Waals surface area contributed by atoms with Crippen molar-refractivity contribution in [2.24, 2.45) is 0 Å². The van der Waals surface area contributed by atoms with E-state index in [-0.39, 0.29) is 5.91 Å². The third kappa shape index (κ3) is 5.53. The molecule has 3 aromatic rings. The van der Waals surface area contributed by atoms with Gasteiger partial charge in [0.15, 0.2) is 0 Å². The molecule has 0 radical (unpaired) electrons. The van der Waals surface area contributed by atoms with E-state index in [0.717, 1.165) is 37.2 Å². The molecule has 0 aliphatic carbocycles. The number of nitrogens with one attached hydrogen (secondary N) is 2. The van der Waals surface area contributed by atoms with Gasteiger partial charge in [-0.1, -0.05) is 30.7 Å². The van der Waals surface area contributed by atoms with Gasteiger partial charge in [-0.25, -0.2) is 9.97 Å². The molecule has 0 bridgehead atoms. The van der Waals surface area contributed by atoms with Crippen LogP contribution in [0.3, 0.4) is 0 Å². The summed E-state index contributed by atoms with van der Waals surface area (Å²) >= 11 is 6.37. The highest BCUT2D eigenvalue weighted by molar-refractivity contribution is 6.32. The number of anilines is 2. The molecule has 0 saturated carbocycles. The normalized spacial score (nSPS) is 15.5. The van der Waals surface area contributed by atoms with Crippen molar-refractivity contribution in [2.45, 2.75) is 38.3 Å². The maximum Gasteiger partial charge on any atom is 0.252 e. The third-order valence-electron chi connectivity index (χ3n) is 5.95. The van der Waals surface area contributed by atoms with Crippen LogP contribution in [-0.2, 0) is 0 Å². The maximum atomic E-state index is 12.3. The number of rotatable bonds is 7. The number of amides is 1. The molecule has 10 heteroatoms. The monoisotopic (exact) mass is 478 g/mol. The van der Waals surface area contributed by atoms with E-state index in [1.165, 1.54) is 0 Å². The number of nitrogens with zero attached hydrogens (tertiary/aromatic N) is 6. The number of halogens is 1. The number of carbonyl (C=O) groups is 1. The van der Waals surface area contributed by atoms with E-state index < -0.39 is 6.04 Å². The number of piperidine rings is 1. The van der Waals surface area contributed by atoms with Gasteiger partial charge < -0.3 is 15.5 Å². The molecule has 1 atom stereocenters. The fourth-order valence-electron chi connectivity index (χ4n) is 3.87. The summed E-state index contributed by atoms with van der Waals surface area (Å²) < 4.78 is 2.01. The third-order valence-corrected chi connectivity index (χ3v) is 6.23. The van der Waals surface area contributed by atoms with E-state index in [0.29, 0.717) is 34.7 Å². The summed E-state index contributed by atoms with van der Waals surface area (Å²) in [6.45, 7) is 3.98. The van der Waals surface area contributed by atoms with Crippen molar-refractivity contribution in [3.8, 4) is 17.3 Å². The maximum absolute atomic E-state index is 12.3. The number of hydrogen-bond donors (Lipinski definition) is 2. The Morgan fingerprint density at radius 3 is 2.68 bits per heavy atom. The van der Waals surface area contributed by atoms with Gasteiger partial charge in [-0.05, 0) is 51.5 Å². The van der Waals surface area contributed by atoms with Gasteiger partial charge in [0.2, 0.25) is 5.95 Å². The molecule has 176 valence electrons. The lowest BCUT2D eigenvalue weighted by atomic mass is 10.1. The molecule has 1 aromatic carbocycles. The second kappa shape index (κ2) is 10.6. The summed E-state index contributed by atoms with van der Waals surface area (Å²) in [5.41, 5.74) is 2.57. The van der Waals surface area contributed by atoms with Crippen LogP contribution in [0.2, 0.25) is 5.02 Å². The molecule has 2 N–H and O–H groups in total. The molecule has 1 aliphatic heterocycles. The van der Waals surface area contributed by atoms with Crippen molar-refractivity contribution >= 4 is 29.1 Å². The first kappa shape index (κ1) is 23.7. The topological polar surface area (TPSA) is 112 Å². The van der Waals surface area contributed by atoms with Crippen molar-refractivity contribution in [1.82, 2.24) is 30.0 Å². The summed E-state index contributed by atoms with van der Waals surface area (Å²) in [5, 5.41) is 19.9. The average Bonchev–Trinajstić information content (AvgIpc) is 3.32. The average molecular weight is 479 g/mol. The molecule has 9 nitrogen and oxygen atoms in total. The molecule has 2 aromatic heterocycles. The molecule has 1 amide bonds. The zero-order chi connectivity index (χ0) is 24.1. The Bertz CT molecular complexity index is 1180. The molecule has 3 heterocycles. The molecule has 0 spiro atoms. The SMILES string of the molecule is CC[C@@H](C#N)NC(=O)c1ccc(-c2nc(Nc3cnn(C4CCN(C)CC4)c3)ncc2Cl)cc1. The van der Waals surface area contributed by atoms with Crippen LogP contribution in [0.1, 0.15) is 42.6 Å². The van der Waals surface area contributed by atoms with Gasteiger partial charge in [0, 0.05) is 17.3 Å². The predicted octanol–water partition coefficient (Wildman–Crippen LogP) is 4.04. The smallest absolute Gasteiger partial charge is 0.252 e. The van der Waals surface area contributed by atoms with Crippen LogP contribution >= 0.6 is 11.6 Å². The second-order valence-corrected chi connectivity index (χ2v) is 8.81. The Balaban J connectivity index is 1.46. The highest BCUT2D eigenvalue weighted by atomic mass is 35.5. The molecule has 1 aliphatic rings. The van der Waals surface area contributed by atoms with Gasteiger partial charge in [0.25, 0.3) is 5.91 Å². The van der Waals surface area contributed by atoms with Gasteiger partial charge in [0.1, 0.15) is 6.04 Å². The van der Waals surface area contributed by atoms with Crippen LogP contribution in [0.15, 0.2) is 42.9 Å². The van der Waals surface area contributed by atoms with Crippen LogP contribution in [-0.4, -0.2) is 56.7 Å². The molecular weight excluding hydrogens is 452 g/mol. The minimum Gasteiger partial charge on any atom is -0.336 e. The van der Waals surface area contributed by atoms with E-state index in [4.69, 9.17) is 16.9 Å². The number of benzene rings is 1. The summed E-state index contributed by atoms with van der Waals surface area (Å²) in [7, 11) is 2.14. The van der Waals surface area contributed by atoms with E-state index in [1.807, 2.05) is 17.8 Å². The van der Waals surface area contributed by atoms with Crippen molar-refractivity contribution < 1.29 is 4.79 Å². The van der Waals surface area contributed by atoms with E-state index >= 15 is 0 Å². The van der Waals surface area contributed by atoms with E-state index in [9.17, 15) is 4.79 Å². The van der Waals surface area contributed by atoms with Crippen molar-refractivity contribution in [3.63, 3.8) is 0 Å². The number of nitriles is 1. The fourth-order valence-corrected chi connectivity index (χ4v) is 4.07. The van der Waals surface area contributed by atoms with E-state index in [2.05, 4.69) is 43.7 Å². The minimum atomic E-state index is -0.513. The van der Waals surface area contributed by atoms with Crippen LogP contribution in [0, 0.1) is 11.3 Å². The number of hydrogen-bond acceptors (Lipinski definition) is 7. The second-order valence-electron chi connectivity index (χ2n) is 8.40. The zero-order valence-corrected chi connectivity index (χ0v) is 20.0. The fraction of sp³-hybridized carbons (Fsp3) is 0.375. The Morgan fingerprint density at radius 2 is 2.00 bits per heavy atom. The van der Waals surface area contributed by atoms with Gasteiger partial charge in [-0.3, -0.25) is 9.48 Å². The highest BCUT2D eigenvalue weighted by Crippen LogP contribution is 2.28. The molecule has 1 saturated heterocycles. The van der Waals surface area contributed by atoms with Gasteiger partial charge in [0.05, 0.1) is 40.9 Å². The highest BCUT2D eigenvalue weighted by Gasteiger charge is 2.19.